The number of rotatable bonds is 7. The predicted octanol–water partition coefficient (Wildman–Crippen LogP) is 1.88. The van der Waals surface area contributed by atoms with E-state index >= 15 is 0 Å². The highest BCUT2D eigenvalue weighted by Gasteiger charge is 2.54. The fourth-order valence-corrected chi connectivity index (χ4v) is 9.87. The highest BCUT2D eigenvalue weighted by atomic mass is 28.4. The van der Waals surface area contributed by atoms with Gasteiger partial charge in [-0.25, -0.2) is 4.79 Å². The van der Waals surface area contributed by atoms with Crippen molar-refractivity contribution < 1.29 is 19.1 Å². The lowest BCUT2D eigenvalue weighted by Crippen LogP contribution is -2.68. The van der Waals surface area contributed by atoms with Crippen LogP contribution in [0.15, 0.2) is 70.3 Å². The second-order valence-corrected chi connectivity index (χ2v) is 14.4. The van der Waals surface area contributed by atoms with Gasteiger partial charge in [-0.15, -0.1) is 0 Å². The molecule has 0 spiro atoms. The molecule has 2 aromatic carbocycles. The van der Waals surface area contributed by atoms with Crippen LogP contribution < -0.4 is 21.6 Å². The van der Waals surface area contributed by atoms with Crippen LogP contribution in [0.1, 0.15) is 49.5 Å². The summed E-state index contributed by atoms with van der Waals surface area (Å²) in [6.45, 7) is 7.61. The number of aldehydes is 1. The molecule has 0 unspecified atom stereocenters. The monoisotopic (exact) mass is 508 g/mol. The zero-order valence-corrected chi connectivity index (χ0v) is 21.9. The van der Waals surface area contributed by atoms with Crippen molar-refractivity contribution in [3.8, 4) is 0 Å². The Hall–Kier alpha value is -3.11. The zero-order valence-electron chi connectivity index (χ0n) is 20.9. The summed E-state index contributed by atoms with van der Waals surface area (Å²) in [7, 11) is -2.96. The summed E-state index contributed by atoms with van der Waals surface area (Å²) < 4.78 is 14.4. The number of carbonyl (C=O) groups excluding carboxylic acids is 1. The summed E-state index contributed by atoms with van der Waals surface area (Å²) in [5, 5.41) is 12.1. The topological polar surface area (TPSA) is 111 Å². The van der Waals surface area contributed by atoms with E-state index in [1.165, 1.54) is 6.92 Å². The molecule has 0 saturated carbocycles. The molecule has 0 aliphatic carbocycles. The summed E-state index contributed by atoms with van der Waals surface area (Å²) in [6, 6.07) is 20.2. The number of carbonyl (C=O) groups is 1. The quantitative estimate of drug-likeness (QED) is 0.373. The average molecular weight is 509 g/mol. The van der Waals surface area contributed by atoms with Crippen molar-refractivity contribution in [1.82, 2.24) is 9.55 Å². The van der Waals surface area contributed by atoms with Gasteiger partial charge in [0.25, 0.3) is 13.9 Å². The lowest BCUT2D eigenvalue weighted by atomic mass is 10.2. The Bertz CT molecular complexity index is 1290. The maximum absolute atomic E-state index is 12.7. The molecule has 1 saturated heterocycles. The van der Waals surface area contributed by atoms with Crippen LogP contribution in [0.5, 0.6) is 0 Å². The first-order chi connectivity index (χ1) is 17.1. The molecule has 9 heteroatoms. The predicted molar refractivity (Wildman–Crippen MR) is 140 cm³/mol. The Labute approximate surface area is 210 Å². The molecular formula is C27H32N2O6Si. The molecule has 36 heavy (non-hydrogen) atoms. The second kappa shape index (κ2) is 10.1. The molecule has 3 aromatic rings. The molecule has 1 fully saturated rings. The maximum Gasteiger partial charge on any atom is 0.331 e. The maximum atomic E-state index is 12.7. The molecule has 0 bridgehead atoms. The van der Waals surface area contributed by atoms with Crippen molar-refractivity contribution in [2.45, 2.75) is 57.6 Å². The average Bonchev–Trinajstić information content (AvgIpc) is 3.27. The van der Waals surface area contributed by atoms with Crippen molar-refractivity contribution in [3.05, 3.63) is 92.8 Å². The number of aliphatic hydroxyl groups excluding tert-OH is 1. The van der Waals surface area contributed by atoms with Gasteiger partial charge in [-0.2, -0.15) is 0 Å². The first kappa shape index (κ1) is 26.0. The van der Waals surface area contributed by atoms with E-state index in [9.17, 15) is 19.5 Å². The van der Waals surface area contributed by atoms with E-state index in [2.05, 4.69) is 50.0 Å². The number of benzene rings is 2. The molecule has 4 rings (SSSR count). The molecule has 0 amide bonds. The van der Waals surface area contributed by atoms with Crippen molar-refractivity contribution >= 4 is 25.0 Å². The molecule has 1 aliphatic rings. The summed E-state index contributed by atoms with van der Waals surface area (Å²) in [4.78, 5) is 38.9. The van der Waals surface area contributed by atoms with Gasteiger partial charge in [0.1, 0.15) is 12.3 Å². The van der Waals surface area contributed by atoms with E-state index in [0.717, 1.165) is 14.9 Å². The van der Waals surface area contributed by atoms with Crippen LogP contribution in [0.3, 0.4) is 0 Å². The summed E-state index contributed by atoms with van der Waals surface area (Å²) in [5.74, 6) is 0. The van der Waals surface area contributed by atoms with E-state index in [0.29, 0.717) is 6.29 Å². The third-order valence-corrected chi connectivity index (χ3v) is 12.0. The van der Waals surface area contributed by atoms with E-state index < -0.39 is 38.0 Å². The van der Waals surface area contributed by atoms with Crippen LogP contribution in [0, 0.1) is 6.92 Å². The number of aromatic nitrogens is 2. The normalized spacial score (nSPS) is 20.4. The summed E-state index contributed by atoms with van der Waals surface area (Å²) in [5.41, 5.74) is -1.27. The Kier molecular flexibility index (Phi) is 7.28. The lowest BCUT2D eigenvalue weighted by Gasteiger charge is -2.45. The fraction of sp³-hybridized carbons (Fsp3) is 0.370. The number of nitrogens with one attached hydrogen (secondary N) is 1. The van der Waals surface area contributed by atoms with E-state index in [-0.39, 0.29) is 29.3 Å². The minimum absolute atomic E-state index is 0.0449. The summed E-state index contributed by atoms with van der Waals surface area (Å²) in [6.07, 6.45) is -1.46. The number of nitrogens with zero attached hydrogens (tertiary/aromatic N) is 1. The highest BCUT2D eigenvalue weighted by molar-refractivity contribution is 6.99. The number of hydrogen-bond donors (Lipinski definition) is 2. The minimum atomic E-state index is -2.96. The molecule has 2 N–H and O–H groups in total. The van der Waals surface area contributed by atoms with E-state index in [1.54, 1.807) is 0 Å². The van der Waals surface area contributed by atoms with Crippen molar-refractivity contribution in [1.29, 1.82) is 0 Å². The zero-order chi connectivity index (χ0) is 26.1. The van der Waals surface area contributed by atoms with Crippen LogP contribution >= 0.6 is 0 Å². The molecule has 2 heterocycles. The number of aliphatic hydroxyl groups is 1. The number of H-pyrrole nitrogens is 1. The smallest absolute Gasteiger partial charge is 0.331 e. The molecule has 3 atom stereocenters. The van der Waals surface area contributed by atoms with Crippen molar-refractivity contribution in [2.24, 2.45) is 0 Å². The van der Waals surface area contributed by atoms with Gasteiger partial charge in [-0.1, -0.05) is 81.4 Å². The number of aromatic amines is 1. The SMILES string of the molecule is Cc1c(C=O)n([C@H]2C[C@H](O[Si](c3ccccc3)(c3ccccc3)C(C)(C)C)[C@@H](CO)O2)c(=O)[nH]c1=O. The molecule has 0 radical (unpaired) electrons. The van der Waals surface area contributed by atoms with Gasteiger partial charge in [0, 0.05) is 12.0 Å². The molecular weight excluding hydrogens is 476 g/mol. The van der Waals surface area contributed by atoms with Gasteiger partial charge in [-0.05, 0) is 22.3 Å². The molecule has 1 aromatic heterocycles. The van der Waals surface area contributed by atoms with Crippen LogP contribution in [0.25, 0.3) is 0 Å². The standard InChI is InChI=1S/C27H32N2O6Si/c1-18-21(16-30)29(26(33)28-25(18)32)24-15-22(23(17-31)34-24)35-36(27(2,3)4,19-11-7-5-8-12-19)20-13-9-6-10-14-20/h5-14,16,22-24,31H,15,17H2,1-4H3,(H,28,32,33)/t22-,23+,24+/m0/s1. The van der Waals surface area contributed by atoms with Gasteiger partial charge in [0.15, 0.2) is 6.29 Å². The summed E-state index contributed by atoms with van der Waals surface area (Å²) >= 11 is 0. The Morgan fingerprint density at radius 2 is 1.64 bits per heavy atom. The van der Waals surface area contributed by atoms with Crippen LogP contribution in [0.2, 0.25) is 5.04 Å². The van der Waals surface area contributed by atoms with Gasteiger partial charge in [0.05, 0.1) is 18.4 Å². The highest BCUT2D eigenvalue weighted by Crippen LogP contribution is 2.41. The fourth-order valence-electron chi connectivity index (χ4n) is 5.15. The number of ether oxygens (including phenoxy) is 1. The molecule has 190 valence electrons. The lowest BCUT2D eigenvalue weighted by molar-refractivity contribution is -0.0438. The first-order valence-electron chi connectivity index (χ1n) is 12.0. The van der Waals surface area contributed by atoms with Gasteiger partial charge >= 0.3 is 5.69 Å². The van der Waals surface area contributed by atoms with Crippen molar-refractivity contribution in [2.75, 3.05) is 6.61 Å². The number of hydrogen-bond acceptors (Lipinski definition) is 6. The third-order valence-electron chi connectivity index (χ3n) is 6.93. The third kappa shape index (κ3) is 4.43. The van der Waals surface area contributed by atoms with E-state index in [4.69, 9.17) is 9.16 Å². The minimum Gasteiger partial charge on any atom is -0.402 e. The Morgan fingerprint density at radius 1 is 1.08 bits per heavy atom. The van der Waals surface area contributed by atoms with Gasteiger partial charge < -0.3 is 14.3 Å². The van der Waals surface area contributed by atoms with E-state index in [1.807, 2.05) is 36.4 Å². The van der Waals surface area contributed by atoms with Gasteiger partial charge in [0.2, 0.25) is 0 Å². The van der Waals surface area contributed by atoms with Crippen LogP contribution in [-0.2, 0) is 9.16 Å². The van der Waals surface area contributed by atoms with Crippen LogP contribution in [-0.4, -0.2) is 48.1 Å². The van der Waals surface area contributed by atoms with Crippen molar-refractivity contribution in [3.63, 3.8) is 0 Å². The first-order valence-corrected chi connectivity index (χ1v) is 13.9. The van der Waals surface area contributed by atoms with Crippen LogP contribution in [0.4, 0.5) is 0 Å². The molecule has 1 aliphatic heterocycles. The largest absolute Gasteiger partial charge is 0.402 e. The second-order valence-electron chi connectivity index (χ2n) is 10.1. The van der Waals surface area contributed by atoms with Gasteiger partial charge in [-0.3, -0.25) is 19.1 Å². The molecule has 8 nitrogen and oxygen atoms in total. The Balaban J connectivity index is 1.83. The Morgan fingerprint density at radius 3 is 2.11 bits per heavy atom.